The van der Waals surface area contributed by atoms with Crippen LogP contribution >= 0.6 is 0 Å². The molecule has 94 valence electrons. The van der Waals surface area contributed by atoms with Crippen LogP contribution in [0.25, 0.3) is 0 Å². The number of benzene rings is 1. The molecule has 2 rings (SSSR count). The maximum Gasteiger partial charge on any atom is 0.0495 e. The molecule has 1 aromatic rings. The summed E-state index contributed by atoms with van der Waals surface area (Å²) in [6, 6.07) is 10.5. The Hall–Kier alpha value is -1.02. The largest absolute Gasteiger partial charge is 0.378 e. The average Bonchev–Trinajstić information content (AvgIpc) is 2.34. The lowest BCUT2D eigenvalue weighted by Gasteiger charge is -2.36. The Morgan fingerprint density at radius 1 is 0.941 bits per heavy atom. The van der Waals surface area contributed by atoms with Gasteiger partial charge >= 0.3 is 0 Å². The number of nitrogens with one attached hydrogen (secondary N) is 1. The molecule has 2 nitrogen and oxygen atoms in total. The molecule has 1 saturated carbocycles. The Balaban J connectivity index is 2.06. The quantitative estimate of drug-likeness (QED) is 0.836. The van der Waals surface area contributed by atoms with Gasteiger partial charge in [-0.25, -0.2) is 0 Å². The zero-order valence-corrected chi connectivity index (χ0v) is 10.6. The van der Waals surface area contributed by atoms with Gasteiger partial charge in [0, 0.05) is 17.8 Å². The Bertz CT molecular complexity index is 313. The standard InChI is InChI=1S/C15H24N2/c16-13-15(11-7-2-1-3-8-12-15)17-14-9-5-4-6-10-14/h4-6,9-10,17H,1-3,7-8,11-13,16H2. The van der Waals surface area contributed by atoms with Crippen molar-refractivity contribution in [3.63, 3.8) is 0 Å². The second-order valence-electron chi connectivity index (χ2n) is 5.24. The second-order valence-corrected chi connectivity index (χ2v) is 5.24. The summed E-state index contributed by atoms with van der Waals surface area (Å²) < 4.78 is 0. The molecule has 0 spiro atoms. The lowest BCUT2D eigenvalue weighted by Crippen LogP contribution is -2.45. The number of hydrogen-bond acceptors (Lipinski definition) is 2. The van der Waals surface area contributed by atoms with Crippen LogP contribution in [0.4, 0.5) is 5.69 Å². The first-order valence-electron chi connectivity index (χ1n) is 6.88. The molecule has 1 fully saturated rings. The monoisotopic (exact) mass is 232 g/mol. The van der Waals surface area contributed by atoms with Gasteiger partial charge in [-0.05, 0) is 25.0 Å². The summed E-state index contributed by atoms with van der Waals surface area (Å²) in [5.74, 6) is 0. The SMILES string of the molecule is NCC1(Nc2ccccc2)CCCCCCC1. The molecule has 17 heavy (non-hydrogen) atoms. The lowest BCUT2D eigenvalue weighted by atomic mass is 9.83. The van der Waals surface area contributed by atoms with Crippen molar-refractivity contribution >= 4 is 5.69 Å². The summed E-state index contributed by atoms with van der Waals surface area (Å²) in [7, 11) is 0. The van der Waals surface area contributed by atoms with Crippen LogP contribution in [0, 0.1) is 0 Å². The Kier molecular flexibility index (Phi) is 4.43. The van der Waals surface area contributed by atoms with Crippen LogP contribution in [0.15, 0.2) is 30.3 Å². The van der Waals surface area contributed by atoms with Crippen molar-refractivity contribution in [2.24, 2.45) is 5.73 Å². The number of rotatable bonds is 3. The molecule has 0 amide bonds. The van der Waals surface area contributed by atoms with Gasteiger partial charge in [0.15, 0.2) is 0 Å². The third kappa shape index (κ3) is 3.47. The van der Waals surface area contributed by atoms with Gasteiger partial charge in [0.05, 0.1) is 0 Å². The minimum Gasteiger partial charge on any atom is -0.378 e. The molecule has 0 heterocycles. The van der Waals surface area contributed by atoms with Gasteiger partial charge < -0.3 is 11.1 Å². The smallest absolute Gasteiger partial charge is 0.0495 e. The molecule has 0 aromatic heterocycles. The third-order valence-electron chi connectivity index (χ3n) is 3.88. The highest BCUT2D eigenvalue weighted by Crippen LogP contribution is 2.29. The highest BCUT2D eigenvalue weighted by molar-refractivity contribution is 5.45. The van der Waals surface area contributed by atoms with E-state index in [2.05, 4.69) is 35.6 Å². The molecule has 1 aromatic carbocycles. The fraction of sp³-hybridized carbons (Fsp3) is 0.600. The number of para-hydroxylation sites is 1. The summed E-state index contributed by atoms with van der Waals surface area (Å²) in [6.45, 7) is 0.738. The van der Waals surface area contributed by atoms with Crippen LogP contribution in [0.3, 0.4) is 0 Å². The Morgan fingerprint density at radius 3 is 2.12 bits per heavy atom. The topological polar surface area (TPSA) is 38.0 Å². The zero-order valence-electron chi connectivity index (χ0n) is 10.6. The maximum absolute atomic E-state index is 6.04. The first-order valence-corrected chi connectivity index (χ1v) is 6.88. The van der Waals surface area contributed by atoms with Crippen LogP contribution in [-0.2, 0) is 0 Å². The van der Waals surface area contributed by atoms with E-state index < -0.39 is 0 Å². The van der Waals surface area contributed by atoms with Gasteiger partial charge in [-0.1, -0.05) is 50.3 Å². The van der Waals surface area contributed by atoms with Crippen molar-refractivity contribution in [1.29, 1.82) is 0 Å². The normalized spacial score (nSPS) is 20.3. The minimum absolute atomic E-state index is 0.127. The van der Waals surface area contributed by atoms with Crippen LogP contribution in [0.1, 0.15) is 44.9 Å². The van der Waals surface area contributed by atoms with E-state index in [1.165, 1.54) is 50.6 Å². The summed E-state index contributed by atoms with van der Waals surface area (Å²) in [5, 5.41) is 3.69. The molecule has 0 unspecified atom stereocenters. The predicted octanol–water partition coefficient (Wildman–Crippen LogP) is 3.54. The summed E-state index contributed by atoms with van der Waals surface area (Å²) >= 11 is 0. The maximum atomic E-state index is 6.04. The Labute approximate surface area is 105 Å². The van der Waals surface area contributed by atoms with E-state index in [-0.39, 0.29) is 5.54 Å². The van der Waals surface area contributed by atoms with Crippen LogP contribution in [-0.4, -0.2) is 12.1 Å². The van der Waals surface area contributed by atoms with Crippen LogP contribution in [0.5, 0.6) is 0 Å². The summed E-state index contributed by atoms with van der Waals surface area (Å²) in [4.78, 5) is 0. The van der Waals surface area contributed by atoms with Crippen molar-refractivity contribution in [2.75, 3.05) is 11.9 Å². The highest BCUT2D eigenvalue weighted by Gasteiger charge is 2.28. The van der Waals surface area contributed by atoms with Gasteiger partial charge in [0.1, 0.15) is 0 Å². The third-order valence-corrected chi connectivity index (χ3v) is 3.88. The van der Waals surface area contributed by atoms with Crippen molar-refractivity contribution in [1.82, 2.24) is 0 Å². The Morgan fingerprint density at radius 2 is 1.53 bits per heavy atom. The number of nitrogens with two attached hydrogens (primary N) is 1. The summed E-state index contributed by atoms with van der Waals surface area (Å²) in [5.41, 5.74) is 7.38. The zero-order chi connectivity index (χ0) is 12.0. The van der Waals surface area contributed by atoms with Crippen molar-refractivity contribution in [3.05, 3.63) is 30.3 Å². The van der Waals surface area contributed by atoms with Gasteiger partial charge in [-0.15, -0.1) is 0 Å². The first-order chi connectivity index (χ1) is 8.35. The number of hydrogen-bond donors (Lipinski definition) is 2. The van der Waals surface area contributed by atoms with E-state index >= 15 is 0 Å². The predicted molar refractivity (Wildman–Crippen MR) is 74.2 cm³/mol. The molecular formula is C15H24N2. The average molecular weight is 232 g/mol. The van der Waals surface area contributed by atoms with Gasteiger partial charge in [0.2, 0.25) is 0 Å². The summed E-state index contributed by atoms with van der Waals surface area (Å²) in [6.07, 6.45) is 9.13. The van der Waals surface area contributed by atoms with Crippen molar-refractivity contribution in [3.8, 4) is 0 Å². The van der Waals surface area contributed by atoms with Gasteiger partial charge in [-0.2, -0.15) is 0 Å². The van der Waals surface area contributed by atoms with Crippen LogP contribution in [0.2, 0.25) is 0 Å². The molecule has 3 N–H and O–H groups in total. The van der Waals surface area contributed by atoms with E-state index in [4.69, 9.17) is 5.73 Å². The van der Waals surface area contributed by atoms with E-state index in [1.807, 2.05) is 0 Å². The highest BCUT2D eigenvalue weighted by atomic mass is 15.0. The minimum atomic E-state index is 0.127. The number of anilines is 1. The van der Waals surface area contributed by atoms with E-state index in [0.717, 1.165) is 6.54 Å². The molecule has 2 heteroatoms. The van der Waals surface area contributed by atoms with Crippen LogP contribution < -0.4 is 11.1 Å². The first kappa shape index (κ1) is 12.4. The van der Waals surface area contributed by atoms with E-state index in [1.54, 1.807) is 0 Å². The molecule has 0 radical (unpaired) electrons. The fourth-order valence-corrected chi connectivity index (χ4v) is 2.79. The lowest BCUT2D eigenvalue weighted by molar-refractivity contribution is 0.351. The molecule has 0 bridgehead atoms. The van der Waals surface area contributed by atoms with E-state index in [0.29, 0.717) is 0 Å². The molecule has 0 atom stereocenters. The molecule has 1 aliphatic carbocycles. The molecule has 1 aliphatic rings. The molecule has 0 saturated heterocycles. The second kappa shape index (κ2) is 6.06. The van der Waals surface area contributed by atoms with E-state index in [9.17, 15) is 0 Å². The van der Waals surface area contributed by atoms with Crippen molar-refractivity contribution in [2.45, 2.75) is 50.5 Å². The van der Waals surface area contributed by atoms with Gasteiger partial charge in [-0.3, -0.25) is 0 Å². The van der Waals surface area contributed by atoms with Crippen molar-refractivity contribution < 1.29 is 0 Å². The molecular weight excluding hydrogens is 208 g/mol. The molecule has 0 aliphatic heterocycles. The van der Waals surface area contributed by atoms with Gasteiger partial charge in [0.25, 0.3) is 0 Å². The fourth-order valence-electron chi connectivity index (χ4n) is 2.79.